The third-order valence-corrected chi connectivity index (χ3v) is 4.89. The van der Waals surface area contributed by atoms with Gasteiger partial charge in [0.1, 0.15) is 5.82 Å². The molecule has 2 aliphatic rings. The van der Waals surface area contributed by atoms with Crippen molar-refractivity contribution in [3.05, 3.63) is 30.1 Å². The maximum absolute atomic E-state index is 13.0. The lowest BCUT2D eigenvalue weighted by atomic mass is 10.2. The summed E-state index contributed by atoms with van der Waals surface area (Å²) >= 11 is 0. The van der Waals surface area contributed by atoms with Gasteiger partial charge in [0.15, 0.2) is 0 Å². The van der Waals surface area contributed by atoms with Gasteiger partial charge in [-0.3, -0.25) is 9.59 Å². The van der Waals surface area contributed by atoms with Gasteiger partial charge in [0.2, 0.25) is 11.8 Å². The van der Waals surface area contributed by atoms with Crippen LogP contribution >= 0.6 is 24.8 Å². The van der Waals surface area contributed by atoms with E-state index >= 15 is 0 Å². The minimum Gasteiger partial charge on any atom is -0.392 e. The molecule has 158 valence electrons. The molecule has 1 aromatic carbocycles. The van der Waals surface area contributed by atoms with Crippen LogP contribution in [0.2, 0.25) is 0 Å². The monoisotopic (exact) mass is 436 g/mol. The van der Waals surface area contributed by atoms with Crippen molar-refractivity contribution in [3.63, 3.8) is 0 Å². The van der Waals surface area contributed by atoms with E-state index < -0.39 is 6.10 Å². The summed E-state index contributed by atoms with van der Waals surface area (Å²) in [6.45, 7) is 3.35. The summed E-state index contributed by atoms with van der Waals surface area (Å²) in [6.07, 6.45) is 0.188. The summed E-state index contributed by atoms with van der Waals surface area (Å²) in [7, 11) is 0. The molecule has 10 heteroatoms. The first-order valence-corrected chi connectivity index (χ1v) is 9.00. The normalized spacial score (nSPS) is 21.5. The molecule has 0 bridgehead atoms. The largest absolute Gasteiger partial charge is 0.392 e. The number of anilines is 1. The topological polar surface area (TPSA) is 84.9 Å². The minimum atomic E-state index is -0.482. The minimum absolute atomic E-state index is 0. The second-order valence-corrected chi connectivity index (χ2v) is 6.74. The number of aliphatic hydroxyl groups excluding tert-OH is 1. The van der Waals surface area contributed by atoms with E-state index in [0.29, 0.717) is 45.7 Å². The number of hydrogen-bond donors (Lipinski definition) is 3. The molecule has 0 radical (unpaired) electrons. The maximum atomic E-state index is 13.0. The summed E-state index contributed by atoms with van der Waals surface area (Å²) in [6, 6.07) is 5.99. The second kappa shape index (κ2) is 11.4. The van der Waals surface area contributed by atoms with Crippen molar-refractivity contribution in [3.8, 4) is 0 Å². The first-order valence-electron chi connectivity index (χ1n) is 9.00. The predicted molar refractivity (Wildman–Crippen MR) is 110 cm³/mol. The van der Waals surface area contributed by atoms with Crippen LogP contribution in [-0.2, 0) is 9.59 Å². The molecular formula is C18H27Cl2FN4O3. The fraction of sp³-hybridized carbons (Fsp3) is 0.556. The molecule has 2 heterocycles. The van der Waals surface area contributed by atoms with Crippen LogP contribution in [0.1, 0.15) is 12.8 Å². The zero-order valence-corrected chi connectivity index (χ0v) is 17.1. The van der Waals surface area contributed by atoms with Crippen molar-refractivity contribution < 1.29 is 19.1 Å². The third kappa shape index (κ3) is 6.48. The molecule has 2 saturated heterocycles. The van der Waals surface area contributed by atoms with E-state index in [1.54, 1.807) is 17.0 Å². The Bertz CT molecular complexity index is 642. The molecule has 3 N–H and O–H groups in total. The van der Waals surface area contributed by atoms with Crippen LogP contribution in [0.15, 0.2) is 24.3 Å². The zero-order chi connectivity index (χ0) is 18.5. The van der Waals surface area contributed by atoms with Crippen molar-refractivity contribution >= 4 is 42.3 Å². The van der Waals surface area contributed by atoms with Gasteiger partial charge in [-0.1, -0.05) is 0 Å². The first kappa shape index (κ1) is 24.4. The van der Waals surface area contributed by atoms with Gasteiger partial charge < -0.3 is 25.5 Å². The average Bonchev–Trinajstić information content (AvgIpc) is 3.09. The lowest BCUT2D eigenvalue weighted by Gasteiger charge is -2.36. The van der Waals surface area contributed by atoms with Gasteiger partial charge in [0.05, 0.1) is 12.1 Å². The van der Waals surface area contributed by atoms with Crippen LogP contribution in [-0.4, -0.2) is 73.2 Å². The van der Waals surface area contributed by atoms with Crippen molar-refractivity contribution in [1.29, 1.82) is 0 Å². The fourth-order valence-electron chi connectivity index (χ4n) is 3.36. The lowest BCUT2D eigenvalue weighted by Crippen LogP contribution is -2.49. The predicted octanol–water partition coefficient (Wildman–Crippen LogP) is 0.547. The van der Waals surface area contributed by atoms with Crippen LogP contribution in [0, 0.1) is 5.82 Å². The Morgan fingerprint density at radius 2 is 1.79 bits per heavy atom. The van der Waals surface area contributed by atoms with E-state index in [4.69, 9.17) is 0 Å². The van der Waals surface area contributed by atoms with Gasteiger partial charge in [0.25, 0.3) is 0 Å². The number of piperazine rings is 1. The molecule has 3 rings (SSSR count). The molecular weight excluding hydrogens is 410 g/mol. The molecule has 2 fully saturated rings. The van der Waals surface area contributed by atoms with Crippen LogP contribution in [0.4, 0.5) is 10.1 Å². The highest BCUT2D eigenvalue weighted by Crippen LogP contribution is 2.17. The van der Waals surface area contributed by atoms with Gasteiger partial charge in [-0.15, -0.1) is 24.8 Å². The Balaban J connectivity index is 0.00000196. The maximum Gasteiger partial charge on any atom is 0.237 e. The van der Waals surface area contributed by atoms with Crippen molar-refractivity contribution in [2.45, 2.75) is 25.0 Å². The Morgan fingerprint density at radius 3 is 2.36 bits per heavy atom. The number of β-amino-alcohol motifs (C(OH)–C–C–N with tert-alkyl or cyclic N) is 1. The molecule has 0 aromatic heterocycles. The number of amides is 2. The number of carbonyl (C=O) groups is 2. The number of aliphatic hydroxyl groups is 1. The Morgan fingerprint density at radius 1 is 1.14 bits per heavy atom. The standard InChI is InChI=1S/C18H25FN4O3.2ClH/c19-13-1-3-14(4-2-13)22-7-9-23(10-8-22)17(25)5-6-20-18(26)16-11-15(24)12-21-16;;/h1-4,15-16,21,24H,5-12H2,(H,20,26);2*1H. The first-order chi connectivity index (χ1) is 12.5. The van der Waals surface area contributed by atoms with Gasteiger partial charge >= 0.3 is 0 Å². The Labute approximate surface area is 176 Å². The van der Waals surface area contributed by atoms with Gasteiger partial charge in [-0.2, -0.15) is 0 Å². The van der Waals surface area contributed by atoms with E-state index in [9.17, 15) is 19.1 Å². The number of benzene rings is 1. The van der Waals surface area contributed by atoms with Gasteiger partial charge in [-0.25, -0.2) is 4.39 Å². The summed E-state index contributed by atoms with van der Waals surface area (Å²) in [5.41, 5.74) is 0.956. The number of carbonyl (C=O) groups excluding carboxylic acids is 2. The molecule has 0 spiro atoms. The molecule has 0 aliphatic carbocycles. The molecule has 2 aliphatic heterocycles. The van der Waals surface area contributed by atoms with Gasteiger partial charge in [0, 0.05) is 51.4 Å². The summed E-state index contributed by atoms with van der Waals surface area (Å²) in [5.74, 6) is -0.411. The highest BCUT2D eigenvalue weighted by atomic mass is 35.5. The average molecular weight is 437 g/mol. The zero-order valence-electron chi connectivity index (χ0n) is 15.5. The number of hydrogen-bond acceptors (Lipinski definition) is 5. The van der Waals surface area contributed by atoms with Crippen LogP contribution < -0.4 is 15.5 Å². The van der Waals surface area contributed by atoms with Crippen LogP contribution in [0.25, 0.3) is 0 Å². The SMILES string of the molecule is Cl.Cl.O=C(NCCC(=O)N1CCN(c2ccc(F)cc2)CC1)C1CC(O)CN1. The summed E-state index contributed by atoms with van der Waals surface area (Å²) in [4.78, 5) is 28.1. The van der Waals surface area contributed by atoms with E-state index in [1.165, 1.54) is 12.1 Å². The van der Waals surface area contributed by atoms with E-state index in [2.05, 4.69) is 15.5 Å². The Kier molecular flexibility index (Phi) is 9.95. The second-order valence-electron chi connectivity index (χ2n) is 6.74. The molecule has 7 nitrogen and oxygen atoms in total. The number of nitrogens with one attached hydrogen (secondary N) is 2. The highest BCUT2D eigenvalue weighted by molar-refractivity contribution is 5.85. The molecule has 2 atom stereocenters. The highest BCUT2D eigenvalue weighted by Gasteiger charge is 2.28. The molecule has 2 amide bonds. The van der Waals surface area contributed by atoms with Crippen molar-refractivity contribution in [2.24, 2.45) is 0 Å². The van der Waals surface area contributed by atoms with Crippen molar-refractivity contribution in [2.75, 3.05) is 44.2 Å². The van der Waals surface area contributed by atoms with E-state index in [1.807, 2.05) is 0 Å². The number of nitrogens with zero attached hydrogens (tertiary/aromatic N) is 2. The lowest BCUT2D eigenvalue weighted by molar-refractivity contribution is -0.131. The molecule has 1 aromatic rings. The Hall–Kier alpha value is -1.61. The molecule has 28 heavy (non-hydrogen) atoms. The van der Waals surface area contributed by atoms with E-state index in [0.717, 1.165) is 5.69 Å². The van der Waals surface area contributed by atoms with E-state index in [-0.39, 0.29) is 54.9 Å². The fourth-order valence-corrected chi connectivity index (χ4v) is 3.36. The number of halogens is 3. The summed E-state index contributed by atoms with van der Waals surface area (Å²) < 4.78 is 13.0. The van der Waals surface area contributed by atoms with Crippen molar-refractivity contribution in [1.82, 2.24) is 15.5 Å². The molecule has 0 saturated carbocycles. The number of rotatable bonds is 5. The summed E-state index contributed by atoms with van der Waals surface area (Å²) in [5, 5.41) is 15.1. The van der Waals surface area contributed by atoms with Gasteiger partial charge in [-0.05, 0) is 30.7 Å². The quantitative estimate of drug-likeness (QED) is 0.627. The van der Waals surface area contributed by atoms with Crippen LogP contribution in [0.3, 0.4) is 0 Å². The van der Waals surface area contributed by atoms with Crippen LogP contribution in [0.5, 0.6) is 0 Å². The molecule has 2 unspecified atom stereocenters. The third-order valence-electron chi connectivity index (χ3n) is 4.89. The smallest absolute Gasteiger partial charge is 0.237 e.